The van der Waals surface area contributed by atoms with Gasteiger partial charge in [0.05, 0.1) is 22.5 Å². The zero-order valence-electron chi connectivity index (χ0n) is 19.1. The Balaban J connectivity index is 1.63. The number of phenols is 1. The van der Waals surface area contributed by atoms with E-state index in [9.17, 15) is 9.90 Å². The smallest absolute Gasteiger partial charge is 0.224 e. The van der Waals surface area contributed by atoms with Crippen LogP contribution in [0.25, 0.3) is 0 Å². The normalized spacial score (nSPS) is 18.8. The minimum absolute atomic E-state index is 0.0868. The Kier molecular flexibility index (Phi) is 5.81. The number of hydrogen-bond acceptors (Lipinski definition) is 6. The molecule has 0 saturated carbocycles. The molecule has 2 aliphatic heterocycles. The van der Waals surface area contributed by atoms with E-state index in [1.165, 1.54) is 18.3 Å². The van der Waals surface area contributed by atoms with E-state index < -0.39 is 6.04 Å². The number of para-hydroxylation sites is 2. The summed E-state index contributed by atoms with van der Waals surface area (Å²) in [7, 11) is 0. The van der Waals surface area contributed by atoms with Crippen LogP contribution in [0.1, 0.15) is 38.1 Å². The summed E-state index contributed by atoms with van der Waals surface area (Å²) < 4.78 is 13.3. The van der Waals surface area contributed by atoms with Gasteiger partial charge >= 0.3 is 0 Å². The summed E-state index contributed by atoms with van der Waals surface area (Å²) in [5.41, 5.74) is 1.90. The maximum Gasteiger partial charge on any atom is 0.224 e. The molecule has 1 atom stereocenters. The average molecular weight is 541 g/mol. The SMILES string of the molecule is CC(=O)N1c2cccc(O)c2NC2=C(OCC(C)(C)C2)C1c1ccc(Oc2ccccc2Br)s1. The van der Waals surface area contributed by atoms with Gasteiger partial charge in [-0.2, -0.15) is 0 Å². The first-order valence-corrected chi connectivity index (χ1v) is 12.6. The molecule has 2 aromatic carbocycles. The number of benzene rings is 2. The van der Waals surface area contributed by atoms with Crippen LogP contribution in [0.5, 0.6) is 16.6 Å². The zero-order valence-corrected chi connectivity index (χ0v) is 21.5. The third-order valence-corrected chi connectivity index (χ3v) is 7.56. The first-order valence-electron chi connectivity index (χ1n) is 11.0. The van der Waals surface area contributed by atoms with Crippen molar-refractivity contribution in [2.75, 3.05) is 16.8 Å². The molecule has 3 heterocycles. The molecule has 34 heavy (non-hydrogen) atoms. The number of fused-ring (bicyclic) bond motifs is 1. The van der Waals surface area contributed by atoms with Gasteiger partial charge in [0, 0.05) is 17.2 Å². The van der Waals surface area contributed by atoms with E-state index in [1.54, 1.807) is 17.0 Å². The molecule has 1 unspecified atom stereocenters. The summed E-state index contributed by atoms with van der Waals surface area (Å²) in [5, 5.41) is 14.8. The van der Waals surface area contributed by atoms with E-state index >= 15 is 0 Å². The fraction of sp³-hybridized carbons (Fsp3) is 0.269. The number of nitrogens with one attached hydrogen (secondary N) is 1. The van der Waals surface area contributed by atoms with Crippen LogP contribution in [0.3, 0.4) is 0 Å². The highest BCUT2D eigenvalue weighted by atomic mass is 79.9. The number of allylic oxidation sites excluding steroid dienone is 1. The summed E-state index contributed by atoms with van der Waals surface area (Å²) in [5.74, 6) is 1.35. The molecule has 0 fully saturated rings. The molecule has 2 aliphatic rings. The van der Waals surface area contributed by atoms with Gasteiger partial charge in [-0.3, -0.25) is 9.69 Å². The number of carbonyl (C=O) groups is 1. The number of ether oxygens (including phenoxy) is 2. The van der Waals surface area contributed by atoms with Gasteiger partial charge < -0.3 is 19.9 Å². The van der Waals surface area contributed by atoms with Crippen molar-refractivity contribution in [3.8, 4) is 16.6 Å². The van der Waals surface area contributed by atoms with Crippen molar-refractivity contribution in [1.82, 2.24) is 0 Å². The Hall–Kier alpha value is -2.97. The van der Waals surface area contributed by atoms with E-state index in [0.29, 0.717) is 34.6 Å². The number of amides is 1. The van der Waals surface area contributed by atoms with E-state index in [-0.39, 0.29) is 17.1 Å². The van der Waals surface area contributed by atoms with E-state index in [2.05, 4.69) is 35.1 Å². The highest BCUT2D eigenvalue weighted by Crippen LogP contribution is 2.51. The number of halogens is 1. The summed E-state index contributed by atoms with van der Waals surface area (Å²) in [6.07, 6.45) is 0.726. The van der Waals surface area contributed by atoms with Gasteiger partial charge in [-0.25, -0.2) is 0 Å². The molecule has 2 N–H and O–H groups in total. The lowest BCUT2D eigenvalue weighted by Gasteiger charge is -2.37. The number of aromatic hydroxyl groups is 1. The first kappa shape index (κ1) is 22.8. The van der Waals surface area contributed by atoms with Crippen molar-refractivity contribution < 1.29 is 19.4 Å². The van der Waals surface area contributed by atoms with Gasteiger partial charge in [-0.1, -0.05) is 32.0 Å². The standard InChI is InChI=1S/C26H25BrN2O4S/c1-15(30)29-18-8-6-9-19(31)23(18)28-17-13-26(2,3)14-32-25(17)24(29)21-11-12-22(34-21)33-20-10-5-4-7-16(20)27/h4-12,24,28,31H,13-14H2,1-3H3. The summed E-state index contributed by atoms with van der Waals surface area (Å²) >= 11 is 4.99. The lowest BCUT2D eigenvalue weighted by Crippen LogP contribution is -2.36. The first-order chi connectivity index (χ1) is 16.2. The molecule has 0 aliphatic carbocycles. The molecule has 8 heteroatoms. The van der Waals surface area contributed by atoms with E-state index in [0.717, 1.165) is 21.5 Å². The molecular formula is C26H25BrN2O4S. The number of nitrogens with zero attached hydrogens (tertiary/aromatic N) is 1. The fourth-order valence-corrected chi connectivity index (χ4v) is 5.70. The molecule has 1 amide bonds. The van der Waals surface area contributed by atoms with Crippen LogP contribution < -0.4 is 15.0 Å². The van der Waals surface area contributed by atoms with Crippen LogP contribution in [-0.2, 0) is 9.53 Å². The maximum atomic E-state index is 13.1. The predicted octanol–water partition coefficient (Wildman–Crippen LogP) is 7.19. The highest BCUT2D eigenvalue weighted by Gasteiger charge is 2.41. The number of anilines is 2. The third kappa shape index (κ3) is 4.16. The third-order valence-electron chi connectivity index (χ3n) is 5.89. The van der Waals surface area contributed by atoms with Crippen molar-refractivity contribution >= 4 is 44.5 Å². The molecule has 3 aromatic rings. The quantitative estimate of drug-likeness (QED) is 0.344. The summed E-state index contributed by atoms with van der Waals surface area (Å²) in [6, 6.07) is 16.3. The Bertz CT molecular complexity index is 1300. The van der Waals surface area contributed by atoms with Crippen molar-refractivity contribution in [3.63, 3.8) is 0 Å². The Labute approximate surface area is 210 Å². The average Bonchev–Trinajstić information content (AvgIpc) is 3.17. The zero-order chi connectivity index (χ0) is 24.0. The largest absolute Gasteiger partial charge is 0.506 e. The summed E-state index contributed by atoms with van der Waals surface area (Å²) in [6.45, 7) is 6.35. The molecule has 0 saturated heterocycles. The van der Waals surface area contributed by atoms with E-state index in [4.69, 9.17) is 9.47 Å². The lowest BCUT2D eigenvalue weighted by molar-refractivity contribution is -0.117. The topological polar surface area (TPSA) is 71.0 Å². The number of rotatable bonds is 3. The Morgan fingerprint density at radius 2 is 2.00 bits per heavy atom. The van der Waals surface area contributed by atoms with Crippen molar-refractivity contribution in [3.05, 3.63) is 75.4 Å². The van der Waals surface area contributed by atoms with Crippen LogP contribution in [-0.4, -0.2) is 17.6 Å². The molecule has 176 valence electrons. The number of phenolic OH excluding ortho intramolecular Hbond substituents is 1. The Morgan fingerprint density at radius 1 is 1.21 bits per heavy atom. The van der Waals surface area contributed by atoms with Crippen molar-refractivity contribution in [2.24, 2.45) is 5.41 Å². The maximum absolute atomic E-state index is 13.1. The van der Waals surface area contributed by atoms with E-state index in [1.807, 2.05) is 42.5 Å². The van der Waals surface area contributed by atoms with Gasteiger partial charge in [0.25, 0.3) is 0 Å². The van der Waals surface area contributed by atoms with Crippen LogP contribution in [0.15, 0.2) is 70.5 Å². The van der Waals surface area contributed by atoms with Gasteiger partial charge in [-0.05, 0) is 58.7 Å². The van der Waals surface area contributed by atoms with Crippen LogP contribution in [0.2, 0.25) is 0 Å². The molecule has 0 spiro atoms. The number of carbonyl (C=O) groups excluding carboxylic acids is 1. The monoisotopic (exact) mass is 540 g/mol. The van der Waals surface area contributed by atoms with Crippen molar-refractivity contribution in [2.45, 2.75) is 33.2 Å². The van der Waals surface area contributed by atoms with Gasteiger partial charge in [0.1, 0.15) is 29.0 Å². The fourth-order valence-electron chi connectivity index (χ4n) is 4.37. The summed E-state index contributed by atoms with van der Waals surface area (Å²) in [4.78, 5) is 15.7. The number of hydrogen-bond donors (Lipinski definition) is 2. The molecule has 0 bridgehead atoms. The van der Waals surface area contributed by atoms with Gasteiger partial charge in [0.15, 0.2) is 5.06 Å². The molecule has 0 radical (unpaired) electrons. The molecular weight excluding hydrogens is 516 g/mol. The minimum atomic E-state index is -0.485. The van der Waals surface area contributed by atoms with Crippen molar-refractivity contribution in [1.29, 1.82) is 0 Å². The minimum Gasteiger partial charge on any atom is -0.506 e. The number of thiophene rings is 1. The Morgan fingerprint density at radius 3 is 2.76 bits per heavy atom. The molecule has 1 aromatic heterocycles. The van der Waals surface area contributed by atoms with Gasteiger partial charge in [-0.15, -0.1) is 11.3 Å². The second-order valence-electron chi connectivity index (χ2n) is 9.25. The van der Waals surface area contributed by atoms with Crippen LogP contribution in [0.4, 0.5) is 11.4 Å². The lowest BCUT2D eigenvalue weighted by atomic mass is 9.85. The van der Waals surface area contributed by atoms with Crippen LogP contribution in [0, 0.1) is 5.41 Å². The molecule has 5 rings (SSSR count). The second-order valence-corrected chi connectivity index (χ2v) is 11.2. The van der Waals surface area contributed by atoms with Gasteiger partial charge in [0.2, 0.25) is 5.91 Å². The van der Waals surface area contributed by atoms with Crippen LogP contribution >= 0.6 is 27.3 Å². The molecule has 6 nitrogen and oxygen atoms in total. The highest BCUT2D eigenvalue weighted by molar-refractivity contribution is 9.10. The second kappa shape index (κ2) is 8.67. The predicted molar refractivity (Wildman–Crippen MR) is 138 cm³/mol.